The van der Waals surface area contributed by atoms with Crippen molar-refractivity contribution in [3.8, 4) is 0 Å². The van der Waals surface area contributed by atoms with Crippen molar-refractivity contribution in [2.45, 2.75) is 12.8 Å². The number of nitrogens with one attached hydrogen (secondary N) is 1. The summed E-state index contributed by atoms with van der Waals surface area (Å²) in [6.45, 7) is 3.96. The van der Waals surface area contributed by atoms with Gasteiger partial charge in [0.2, 0.25) is 5.91 Å². The molecular weight excluding hydrogens is 212 g/mol. The minimum atomic E-state index is -0.957. The average molecular weight is 225 g/mol. The number of amides is 1. The van der Waals surface area contributed by atoms with Crippen LogP contribution in [0.25, 0.3) is 0 Å². The van der Waals surface area contributed by atoms with E-state index in [4.69, 9.17) is 0 Å². The van der Waals surface area contributed by atoms with Crippen LogP contribution in [0.1, 0.15) is 12.0 Å². The van der Waals surface area contributed by atoms with Crippen molar-refractivity contribution >= 4 is 5.91 Å². The number of carbonyl (C=O) groups is 1. The number of carbonyl (C=O) groups excluding carboxylic acids is 1. The summed E-state index contributed by atoms with van der Waals surface area (Å²) in [4.78, 5) is 11.3. The van der Waals surface area contributed by atoms with Crippen LogP contribution in [0, 0.1) is 11.6 Å². The highest BCUT2D eigenvalue weighted by Gasteiger charge is 2.10. The van der Waals surface area contributed by atoms with Gasteiger partial charge in [0.15, 0.2) is 11.6 Å². The summed E-state index contributed by atoms with van der Waals surface area (Å²) in [6, 6.07) is 3.80. The maximum Gasteiger partial charge on any atom is 0.224 e. The predicted octanol–water partition coefficient (Wildman–Crippen LogP) is 2.20. The van der Waals surface area contributed by atoms with E-state index >= 15 is 0 Å². The number of halogens is 2. The largest absolute Gasteiger partial charge is 0.356 e. The molecule has 0 unspecified atom stereocenters. The molecular formula is C12H13F2NO. The Bertz CT molecular complexity index is 391. The summed E-state index contributed by atoms with van der Waals surface area (Å²) in [7, 11) is 0. The van der Waals surface area contributed by atoms with E-state index < -0.39 is 11.6 Å². The molecule has 1 aromatic rings. The Hall–Kier alpha value is -1.71. The molecule has 0 heterocycles. The van der Waals surface area contributed by atoms with Gasteiger partial charge in [0.1, 0.15) is 0 Å². The summed E-state index contributed by atoms with van der Waals surface area (Å²) in [5.41, 5.74) is 0.0658. The zero-order valence-electron chi connectivity index (χ0n) is 8.80. The Morgan fingerprint density at radius 1 is 1.44 bits per heavy atom. The Labute approximate surface area is 93.0 Å². The lowest BCUT2D eigenvalue weighted by molar-refractivity contribution is -0.120. The van der Waals surface area contributed by atoms with Crippen LogP contribution in [0.4, 0.5) is 8.78 Å². The third kappa shape index (κ3) is 3.46. The standard InChI is InChI=1S/C12H13F2NO/c1-2-3-7-15-11(16)8-9-5-4-6-10(13)12(9)14/h2,4-6H,1,3,7-8H2,(H,15,16). The molecule has 0 radical (unpaired) electrons. The normalized spacial score (nSPS) is 9.88. The Balaban J connectivity index is 2.56. The molecule has 1 rings (SSSR count). The molecule has 0 saturated carbocycles. The van der Waals surface area contributed by atoms with Crippen LogP contribution in [0.3, 0.4) is 0 Å². The Morgan fingerprint density at radius 2 is 2.19 bits per heavy atom. The fraction of sp³-hybridized carbons (Fsp3) is 0.250. The number of rotatable bonds is 5. The van der Waals surface area contributed by atoms with Crippen molar-refractivity contribution in [3.63, 3.8) is 0 Å². The molecule has 16 heavy (non-hydrogen) atoms. The highest BCUT2D eigenvalue weighted by Crippen LogP contribution is 2.11. The van der Waals surface area contributed by atoms with Crippen molar-refractivity contribution in [1.29, 1.82) is 0 Å². The van der Waals surface area contributed by atoms with Crippen molar-refractivity contribution in [1.82, 2.24) is 5.32 Å². The Kier molecular flexibility index (Phi) is 4.64. The minimum Gasteiger partial charge on any atom is -0.356 e. The molecule has 0 aliphatic carbocycles. The topological polar surface area (TPSA) is 29.1 Å². The molecule has 1 N–H and O–H groups in total. The molecule has 0 saturated heterocycles. The van der Waals surface area contributed by atoms with Gasteiger partial charge in [0, 0.05) is 12.1 Å². The molecule has 0 aromatic heterocycles. The Morgan fingerprint density at radius 3 is 2.88 bits per heavy atom. The lowest BCUT2D eigenvalue weighted by Gasteiger charge is -2.05. The first kappa shape index (κ1) is 12.4. The summed E-state index contributed by atoms with van der Waals surface area (Å²) in [6.07, 6.45) is 2.17. The van der Waals surface area contributed by atoms with Crippen LogP contribution in [-0.4, -0.2) is 12.5 Å². The second-order valence-electron chi connectivity index (χ2n) is 3.32. The quantitative estimate of drug-likeness (QED) is 0.604. The second kappa shape index (κ2) is 6.00. The SMILES string of the molecule is C=CCCNC(=O)Cc1cccc(F)c1F. The van der Waals surface area contributed by atoms with E-state index in [0.717, 1.165) is 6.07 Å². The highest BCUT2D eigenvalue weighted by atomic mass is 19.2. The molecule has 1 aromatic carbocycles. The fourth-order valence-corrected chi connectivity index (χ4v) is 1.23. The second-order valence-corrected chi connectivity index (χ2v) is 3.32. The van der Waals surface area contributed by atoms with Crippen LogP contribution >= 0.6 is 0 Å². The monoisotopic (exact) mass is 225 g/mol. The summed E-state index contributed by atoms with van der Waals surface area (Å²) < 4.78 is 26.0. The van der Waals surface area contributed by atoms with Crippen LogP contribution in [0.2, 0.25) is 0 Å². The van der Waals surface area contributed by atoms with Crippen molar-refractivity contribution in [3.05, 3.63) is 48.1 Å². The lowest BCUT2D eigenvalue weighted by Crippen LogP contribution is -2.26. The first-order valence-electron chi connectivity index (χ1n) is 4.95. The molecule has 0 bridgehead atoms. The van der Waals surface area contributed by atoms with Gasteiger partial charge >= 0.3 is 0 Å². The summed E-state index contributed by atoms with van der Waals surface area (Å²) in [5, 5.41) is 2.58. The van der Waals surface area contributed by atoms with E-state index in [9.17, 15) is 13.6 Å². The summed E-state index contributed by atoms with van der Waals surface area (Å²) in [5.74, 6) is -2.22. The zero-order valence-corrected chi connectivity index (χ0v) is 8.80. The molecule has 0 aliphatic rings. The van der Waals surface area contributed by atoms with Gasteiger partial charge < -0.3 is 5.32 Å². The van der Waals surface area contributed by atoms with Gasteiger partial charge in [0.25, 0.3) is 0 Å². The van der Waals surface area contributed by atoms with E-state index in [1.54, 1.807) is 6.08 Å². The lowest BCUT2D eigenvalue weighted by atomic mass is 10.1. The number of hydrogen-bond donors (Lipinski definition) is 1. The van der Waals surface area contributed by atoms with Crippen LogP contribution in [0.5, 0.6) is 0 Å². The number of hydrogen-bond acceptors (Lipinski definition) is 1. The van der Waals surface area contributed by atoms with Crippen molar-refractivity contribution < 1.29 is 13.6 Å². The molecule has 86 valence electrons. The van der Waals surface area contributed by atoms with Gasteiger partial charge in [-0.2, -0.15) is 0 Å². The van der Waals surface area contributed by atoms with Gasteiger partial charge in [0.05, 0.1) is 6.42 Å². The average Bonchev–Trinajstić information content (AvgIpc) is 2.25. The molecule has 0 atom stereocenters. The minimum absolute atomic E-state index is 0.0658. The van der Waals surface area contributed by atoms with E-state index in [1.807, 2.05) is 0 Å². The van der Waals surface area contributed by atoms with Crippen molar-refractivity contribution in [2.24, 2.45) is 0 Å². The van der Waals surface area contributed by atoms with Gasteiger partial charge in [-0.05, 0) is 12.5 Å². The van der Waals surface area contributed by atoms with E-state index in [1.165, 1.54) is 12.1 Å². The molecule has 0 fully saturated rings. The van der Waals surface area contributed by atoms with Crippen LogP contribution in [-0.2, 0) is 11.2 Å². The molecule has 1 amide bonds. The smallest absolute Gasteiger partial charge is 0.224 e. The first-order chi connectivity index (χ1) is 7.65. The number of benzene rings is 1. The molecule has 0 spiro atoms. The van der Waals surface area contributed by atoms with Gasteiger partial charge in [-0.3, -0.25) is 4.79 Å². The van der Waals surface area contributed by atoms with Crippen molar-refractivity contribution in [2.75, 3.05) is 6.54 Å². The van der Waals surface area contributed by atoms with Crippen LogP contribution < -0.4 is 5.32 Å². The van der Waals surface area contributed by atoms with Gasteiger partial charge in [-0.15, -0.1) is 6.58 Å². The zero-order chi connectivity index (χ0) is 12.0. The molecule has 4 heteroatoms. The predicted molar refractivity (Wildman–Crippen MR) is 57.9 cm³/mol. The van der Waals surface area contributed by atoms with Gasteiger partial charge in [-0.25, -0.2) is 8.78 Å². The fourth-order valence-electron chi connectivity index (χ4n) is 1.23. The molecule has 2 nitrogen and oxygen atoms in total. The maximum atomic E-state index is 13.2. The van der Waals surface area contributed by atoms with E-state index in [2.05, 4.69) is 11.9 Å². The third-order valence-corrected chi connectivity index (χ3v) is 2.05. The maximum absolute atomic E-state index is 13.2. The highest BCUT2D eigenvalue weighted by molar-refractivity contribution is 5.78. The van der Waals surface area contributed by atoms with Gasteiger partial charge in [-0.1, -0.05) is 18.2 Å². The van der Waals surface area contributed by atoms with Crippen LogP contribution in [0.15, 0.2) is 30.9 Å². The molecule has 0 aliphatic heterocycles. The first-order valence-corrected chi connectivity index (χ1v) is 4.95. The summed E-state index contributed by atoms with van der Waals surface area (Å²) >= 11 is 0. The van der Waals surface area contributed by atoms with E-state index in [0.29, 0.717) is 13.0 Å². The third-order valence-electron chi connectivity index (χ3n) is 2.05. The van der Waals surface area contributed by atoms with E-state index in [-0.39, 0.29) is 17.9 Å².